The molecule has 0 saturated carbocycles. The second-order valence-corrected chi connectivity index (χ2v) is 11.0. The van der Waals surface area contributed by atoms with Gasteiger partial charge in [0.05, 0.1) is 25.0 Å². The quantitative estimate of drug-likeness (QED) is 0.596. The van der Waals surface area contributed by atoms with E-state index in [1.165, 1.54) is 11.1 Å². The number of hydrazone groups is 1. The van der Waals surface area contributed by atoms with Crippen LogP contribution in [-0.2, 0) is 9.53 Å². The number of benzene rings is 2. The Hall–Kier alpha value is -3.30. The second kappa shape index (κ2) is 12.0. The Morgan fingerprint density at radius 3 is 2.45 bits per heavy atom. The van der Waals surface area contributed by atoms with Gasteiger partial charge in [-0.3, -0.25) is 9.69 Å². The molecule has 38 heavy (non-hydrogen) atoms. The van der Waals surface area contributed by atoms with Crippen molar-refractivity contribution in [1.29, 1.82) is 0 Å². The molecule has 9 heteroatoms. The predicted molar refractivity (Wildman–Crippen MR) is 145 cm³/mol. The van der Waals surface area contributed by atoms with Gasteiger partial charge in [-0.05, 0) is 39.3 Å². The molecule has 2 aliphatic rings. The highest BCUT2D eigenvalue weighted by molar-refractivity contribution is 6.03. The van der Waals surface area contributed by atoms with Crippen LogP contribution in [0.3, 0.4) is 0 Å². The van der Waals surface area contributed by atoms with Crippen molar-refractivity contribution < 1.29 is 18.7 Å². The van der Waals surface area contributed by atoms with Crippen LogP contribution in [0.2, 0.25) is 0 Å². The Kier molecular flexibility index (Phi) is 8.79. The zero-order valence-corrected chi connectivity index (χ0v) is 22.7. The summed E-state index contributed by atoms with van der Waals surface area (Å²) in [6.07, 6.45) is 0.387. The number of ether oxygens (including phenoxy) is 1. The van der Waals surface area contributed by atoms with Gasteiger partial charge in [-0.1, -0.05) is 48.0 Å². The number of halogens is 1. The van der Waals surface area contributed by atoms with Crippen molar-refractivity contribution in [2.24, 2.45) is 5.10 Å². The number of amides is 3. The van der Waals surface area contributed by atoms with Crippen molar-refractivity contribution in [3.05, 3.63) is 71.0 Å². The van der Waals surface area contributed by atoms with E-state index in [1.807, 2.05) is 52.0 Å². The van der Waals surface area contributed by atoms with Crippen LogP contribution in [0.15, 0.2) is 53.6 Å². The number of hydrogen-bond donors (Lipinski definition) is 1. The number of rotatable bonds is 7. The van der Waals surface area contributed by atoms with Gasteiger partial charge in [-0.25, -0.2) is 14.2 Å². The first-order valence-corrected chi connectivity index (χ1v) is 13.2. The Labute approximate surface area is 224 Å². The summed E-state index contributed by atoms with van der Waals surface area (Å²) in [4.78, 5) is 30.8. The molecule has 1 fully saturated rings. The molecule has 2 aromatic rings. The Bertz CT molecular complexity index is 1160. The van der Waals surface area contributed by atoms with Crippen molar-refractivity contribution >= 4 is 17.6 Å². The summed E-state index contributed by atoms with van der Waals surface area (Å²) in [5, 5.41) is 9.02. The number of nitrogens with one attached hydrogen (secondary N) is 1. The zero-order chi connectivity index (χ0) is 27.3. The minimum Gasteiger partial charge on any atom is -0.379 e. The van der Waals surface area contributed by atoms with E-state index in [0.717, 1.165) is 24.2 Å². The number of nitrogens with zero attached hydrogens (tertiary/aromatic N) is 4. The number of carbonyl (C=O) groups is 2. The summed E-state index contributed by atoms with van der Waals surface area (Å²) in [6, 6.07) is 13.7. The fourth-order valence-corrected chi connectivity index (χ4v) is 4.62. The molecule has 2 aromatic carbocycles. The third-order valence-corrected chi connectivity index (χ3v) is 6.70. The normalized spacial score (nSPS) is 18.3. The molecule has 0 spiro atoms. The molecule has 2 aliphatic heterocycles. The maximum Gasteiger partial charge on any atom is 0.318 e. The Balaban J connectivity index is 1.58. The van der Waals surface area contributed by atoms with Gasteiger partial charge in [-0.15, -0.1) is 0 Å². The number of urea groups is 1. The molecule has 0 bridgehead atoms. The number of aryl methyl sites for hydroxylation is 1. The molecule has 0 aliphatic carbocycles. The summed E-state index contributed by atoms with van der Waals surface area (Å²) >= 11 is 0. The van der Waals surface area contributed by atoms with Crippen LogP contribution in [0, 0.1) is 12.7 Å². The largest absolute Gasteiger partial charge is 0.379 e. The smallest absolute Gasteiger partial charge is 0.318 e. The van der Waals surface area contributed by atoms with Crippen LogP contribution in [0.1, 0.15) is 49.9 Å². The van der Waals surface area contributed by atoms with Crippen molar-refractivity contribution in [3.63, 3.8) is 0 Å². The fourth-order valence-electron chi connectivity index (χ4n) is 4.62. The first kappa shape index (κ1) is 27.7. The average molecular weight is 524 g/mol. The summed E-state index contributed by atoms with van der Waals surface area (Å²) in [5.74, 6) is -0.687. The summed E-state index contributed by atoms with van der Waals surface area (Å²) in [6.45, 7) is 11.5. The third-order valence-electron chi connectivity index (χ3n) is 6.70. The number of morpholine rings is 1. The van der Waals surface area contributed by atoms with Crippen LogP contribution in [0.25, 0.3) is 0 Å². The van der Waals surface area contributed by atoms with Gasteiger partial charge in [0.25, 0.3) is 5.91 Å². The van der Waals surface area contributed by atoms with Gasteiger partial charge in [0.2, 0.25) is 0 Å². The maximum atomic E-state index is 14.6. The molecule has 3 amide bonds. The summed E-state index contributed by atoms with van der Waals surface area (Å²) < 4.78 is 20.1. The lowest BCUT2D eigenvalue weighted by Gasteiger charge is -2.32. The lowest BCUT2D eigenvalue weighted by Crippen LogP contribution is -2.53. The van der Waals surface area contributed by atoms with E-state index < -0.39 is 5.54 Å². The molecule has 2 heterocycles. The predicted octanol–water partition coefficient (Wildman–Crippen LogP) is 3.95. The summed E-state index contributed by atoms with van der Waals surface area (Å²) in [7, 11) is 0. The van der Waals surface area contributed by atoms with Crippen LogP contribution in [0.4, 0.5) is 9.18 Å². The third kappa shape index (κ3) is 7.17. The minimum absolute atomic E-state index is 0.136. The Morgan fingerprint density at radius 2 is 1.79 bits per heavy atom. The highest BCUT2D eigenvalue weighted by Crippen LogP contribution is 2.33. The van der Waals surface area contributed by atoms with E-state index in [4.69, 9.17) is 4.74 Å². The average Bonchev–Trinajstić information content (AvgIpc) is 3.32. The molecule has 1 atom stereocenters. The van der Waals surface area contributed by atoms with Crippen LogP contribution in [0.5, 0.6) is 0 Å². The zero-order valence-electron chi connectivity index (χ0n) is 22.7. The van der Waals surface area contributed by atoms with E-state index in [9.17, 15) is 14.0 Å². The molecule has 0 unspecified atom stereocenters. The molecular weight excluding hydrogens is 485 g/mol. The molecular formula is C29H38FN5O3. The van der Waals surface area contributed by atoms with E-state index in [2.05, 4.69) is 15.3 Å². The lowest BCUT2D eigenvalue weighted by molar-refractivity contribution is -0.133. The van der Waals surface area contributed by atoms with E-state index in [-0.39, 0.29) is 30.3 Å². The highest BCUT2D eigenvalue weighted by atomic mass is 19.1. The Morgan fingerprint density at radius 1 is 1.11 bits per heavy atom. The van der Waals surface area contributed by atoms with Crippen LogP contribution >= 0.6 is 0 Å². The standard InChI is InChI=1S/C29H38FN5O3/c1-21-9-11-22(12-10-21)26-19-25(23-7-5-6-8-24(23)30)32-35(26)27(36)20-34(28(37)31-29(2,3)4)14-13-33-15-17-38-18-16-33/h5-12,26H,13-20H2,1-4H3,(H,31,37)/t26-/m1/s1. The van der Waals surface area contributed by atoms with Gasteiger partial charge in [0.1, 0.15) is 12.4 Å². The maximum absolute atomic E-state index is 14.6. The second-order valence-electron chi connectivity index (χ2n) is 11.0. The monoisotopic (exact) mass is 523 g/mol. The number of hydrogen-bond acceptors (Lipinski definition) is 5. The van der Waals surface area contributed by atoms with Crippen molar-refractivity contribution in [3.8, 4) is 0 Å². The fraction of sp³-hybridized carbons (Fsp3) is 0.483. The highest BCUT2D eigenvalue weighted by Gasteiger charge is 2.35. The molecule has 1 N–H and O–H groups in total. The van der Waals surface area contributed by atoms with E-state index in [1.54, 1.807) is 23.1 Å². The molecule has 4 rings (SSSR count). The van der Waals surface area contributed by atoms with Gasteiger partial charge < -0.3 is 15.0 Å². The van der Waals surface area contributed by atoms with Gasteiger partial charge >= 0.3 is 6.03 Å². The molecule has 0 aromatic heterocycles. The van der Waals surface area contributed by atoms with Crippen molar-refractivity contribution in [2.45, 2.75) is 45.7 Å². The molecule has 8 nitrogen and oxygen atoms in total. The van der Waals surface area contributed by atoms with E-state index >= 15 is 0 Å². The lowest BCUT2D eigenvalue weighted by atomic mass is 9.97. The topological polar surface area (TPSA) is 77.5 Å². The van der Waals surface area contributed by atoms with Crippen molar-refractivity contribution in [1.82, 2.24) is 20.1 Å². The molecule has 204 valence electrons. The van der Waals surface area contributed by atoms with Gasteiger partial charge in [0, 0.05) is 43.7 Å². The number of carbonyl (C=O) groups excluding carboxylic acids is 2. The molecule has 0 radical (unpaired) electrons. The van der Waals surface area contributed by atoms with Gasteiger partial charge in [-0.2, -0.15) is 5.10 Å². The SMILES string of the molecule is Cc1ccc([C@H]2CC(c3ccccc3F)=NN2C(=O)CN(CCN2CCOCC2)C(=O)NC(C)(C)C)cc1. The summed E-state index contributed by atoms with van der Waals surface area (Å²) in [5.41, 5.74) is 2.47. The minimum atomic E-state index is -0.453. The van der Waals surface area contributed by atoms with Crippen molar-refractivity contribution in [2.75, 3.05) is 45.9 Å². The van der Waals surface area contributed by atoms with Crippen LogP contribution < -0.4 is 5.32 Å². The first-order valence-electron chi connectivity index (χ1n) is 13.2. The molecule has 1 saturated heterocycles. The van der Waals surface area contributed by atoms with E-state index in [0.29, 0.717) is 44.0 Å². The van der Waals surface area contributed by atoms with Gasteiger partial charge in [0.15, 0.2) is 0 Å². The van der Waals surface area contributed by atoms with Crippen LogP contribution in [-0.4, -0.2) is 83.9 Å². The first-order chi connectivity index (χ1) is 18.1.